The molecule has 3 nitrogen and oxygen atoms in total. The fourth-order valence-corrected chi connectivity index (χ4v) is 9.04. The van der Waals surface area contributed by atoms with Crippen molar-refractivity contribution in [2.75, 3.05) is 0 Å². The van der Waals surface area contributed by atoms with E-state index in [0.717, 1.165) is 39.8 Å². The van der Waals surface area contributed by atoms with Crippen LogP contribution in [0.1, 0.15) is 129 Å². The van der Waals surface area contributed by atoms with Crippen molar-refractivity contribution >= 4 is 17.9 Å². The zero-order chi connectivity index (χ0) is 28.5. The van der Waals surface area contributed by atoms with Gasteiger partial charge in [-0.1, -0.05) is 0 Å². The van der Waals surface area contributed by atoms with Gasteiger partial charge in [-0.15, -0.1) is 0 Å². The van der Waals surface area contributed by atoms with Crippen molar-refractivity contribution in [3.8, 4) is 0 Å². The summed E-state index contributed by atoms with van der Waals surface area (Å²) in [6.07, 6.45) is 0.743. The quantitative estimate of drug-likeness (QED) is 0.376. The maximum atomic E-state index is 12.4. The number of benzene rings is 2. The van der Waals surface area contributed by atoms with E-state index in [1.54, 1.807) is 0 Å². The van der Waals surface area contributed by atoms with Gasteiger partial charge >= 0.3 is 222 Å². The molecular formula is C32H53O3P. The molecule has 2 aromatic carbocycles. The summed E-state index contributed by atoms with van der Waals surface area (Å²) in [6, 6.07) is 6.16. The van der Waals surface area contributed by atoms with E-state index >= 15 is 0 Å². The molecule has 0 aromatic heterocycles. The van der Waals surface area contributed by atoms with Crippen molar-refractivity contribution in [1.82, 2.24) is 0 Å². The molecular weight excluding hydrogens is 463 g/mol. The fraction of sp³-hybridized carbons (Fsp3) is 0.625. The van der Waals surface area contributed by atoms with Gasteiger partial charge in [0, 0.05) is 0 Å². The Balaban J connectivity index is 3.25. The van der Waals surface area contributed by atoms with Crippen LogP contribution in [0.5, 0.6) is 0 Å². The predicted octanol–water partition coefficient (Wildman–Crippen LogP) is 7.28. The molecule has 0 atom stereocenters. The van der Waals surface area contributed by atoms with Gasteiger partial charge in [0.05, 0.1) is 0 Å². The van der Waals surface area contributed by atoms with E-state index in [0.29, 0.717) is 10.6 Å². The second-order valence-electron chi connectivity index (χ2n) is 15.0. The third-order valence-corrected chi connectivity index (χ3v) is 10.1. The van der Waals surface area contributed by atoms with Gasteiger partial charge < -0.3 is 0 Å². The second kappa shape index (κ2) is 8.91. The van der Waals surface area contributed by atoms with Crippen LogP contribution in [-0.2, 0) is 28.1 Å². The van der Waals surface area contributed by atoms with Crippen LogP contribution < -0.4 is 10.6 Å². The van der Waals surface area contributed by atoms with Crippen LogP contribution in [0.15, 0.2) is 18.2 Å². The molecule has 0 bridgehead atoms. The Kier molecular flexibility index (Phi) is 7.66. The van der Waals surface area contributed by atoms with E-state index in [9.17, 15) is 14.7 Å². The topological polar surface area (TPSA) is 60.7 Å². The Hall–Kier alpha value is -1.25. The van der Waals surface area contributed by atoms with Crippen molar-refractivity contribution in [2.24, 2.45) is 0 Å². The number of rotatable bonds is 3. The molecule has 0 spiro atoms. The molecule has 2 aromatic rings. The zero-order valence-corrected chi connectivity index (χ0v) is 26.6. The summed E-state index contributed by atoms with van der Waals surface area (Å²) in [5.74, 6) is 0. The van der Waals surface area contributed by atoms with Crippen molar-refractivity contribution in [1.29, 1.82) is 0 Å². The first-order chi connectivity index (χ1) is 15.7. The van der Waals surface area contributed by atoms with E-state index in [1.807, 2.05) is 19.9 Å². The summed E-state index contributed by atoms with van der Waals surface area (Å²) >= 11 is 0. The monoisotopic (exact) mass is 516 g/mol. The van der Waals surface area contributed by atoms with Gasteiger partial charge in [-0.3, -0.25) is 0 Å². The molecule has 0 heterocycles. The summed E-state index contributed by atoms with van der Waals surface area (Å²) < 4.78 is 0. The average molecular weight is 517 g/mol. The van der Waals surface area contributed by atoms with Crippen LogP contribution in [-0.4, -0.2) is 14.7 Å². The van der Waals surface area contributed by atoms with Crippen LogP contribution in [0.2, 0.25) is 0 Å². The maximum absolute atomic E-state index is 12.4. The van der Waals surface area contributed by atoms with Gasteiger partial charge in [0.25, 0.3) is 0 Å². The first kappa shape index (κ1) is 31.0. The van der Waals surface area contributed by atoms with Crippen LogP contribution in [0.3, 0.4) is 0 Å². The van der Waals surface area contributed by atoms with Crippen LogP contribution in [0.4, 0.5) is 0 Å². The van der Waals surface area contributed by atoms with Crippen molar-refractivity contribution in [2.45, 2.75) is 132 Å². The van der Waals surface area contributed by atoms with Crippen molar-refractivity contribution in [3.63, 3.8) is 0 Å². The van der Waals surface area contributed by atoms with E-state index in [1.165, 1.54) is 5.56 Å². The van der Waals surface area contributed by atoms with Crippen LogP contribution in [0, 0.1) is 13.8 Å². The molecule has 4 heteroatoms. The molecule has 2 rings (SSSR count). The first-order valence-electron chi connectivity index (χ1n) is 13.3. The van der Waals surface area contributed by atoms with Gasteiger partial charge in [0.2, 0.25) is 0 Å². The van der Waals surface area contributed by atoms with E-state index in [4.69, 9.17) is 0 Å². The second-order valence-corrected chi connectivity index (χ2v) is 17.8. The molecule has 0 fully saturated rings. The van der Waals surface area contributed by atoms with E-state index < -0.39 is 18.1 Å². The molecule has 36 heavy (non-hydrogen) atoms. The van der Waals surface area contributed by atoms with Gasteiger partial charge in [-0.05, 0) is 0 Å². The molecule has 0 amide bonds. The van der Waals surface area contributed by atoms with Crippen molar-refractivity contribution < 1.29 is 14.7 Å². The summed E-state index contributed by atoms with van der Waals surface area (Å²) in [5.41, 5.74) is 5.45. The number of hydrogen-bond acceptors (Lipinski definition) is 3. The minimum absolute atomic E-state index is 0.115. The van der Waals surface area contributed by atoms with Crippen LogP contribution in [0.25, 0.3) is 0 Å². The Labute approximate surface area is 221 Å². The van der Waals surface area contributed by atoms with Gasteiger partial charge in [-0.2, -0.15) is 0 Å². The predicted molar refractivity (Wildman–Crippen MR) is 159 cm³/mol. The van der Waals surface area contributed by atoms with Gasteiger partial charge in [0.1, 0.15) is 0 Å². The summed E-state index contributed by atoms with van der Waals surface area (Å²) in [5, 5.41) is 0.608. The van der Waals surface area contributed by atoms with Gasteiger partial charge in [0.15, 0.2) is 0 Å². The summed E-state index contributed by atoms with van der Waals surface area (Å²) in [6.45, 7) is 31.5. The van der Waals surface area contributed by atoms with Crippen LogP contribution >= 0.6 is 7.28 Å². The van der Waals surface area contributed by atoms with Gasteiger partial charge in [-0.25, -0.2) is 0 Å². The Morgan fingerprint density at radius 2 is 1.03 bits per heavy atom. The van der Waals surface area contributed by atoms with E-state index in [2.05, 4.69) is 102 Å². The molecule has 0 radical (unpaired) electrons. The normalized spacial score (nSPS) is 15.1. The average Bonchev–Trinajstić information content (AvgIpc) is 2.62. The first-order valence-corrected chi connectivity index (χ1v) is 15.4. The zero-order valence-electron chi connectivity index (χ0n) is 25.7. The minimum atomic E-state index is -5.58. The molecule has 204 valence electrons. The fourth-order valence-electron chi connectivity index (χ4n) is 5.66. The Morgan fingerprint density at radius 3 is 1.39 bits per heavy atom. The standard InChI is InChI=1S/C32H53O3P/c1-16-23-24(30(7,8)9)18-21(3)28(26(23)32(13,14)15)36(33,34,35)27-20(2)17-22(29(4,5)6)19-25(27)31(10,11)12/h17-19,33-35H,16H2,1-15H3. The molecule has 0 aliphatic rings. The molecule has 0 aliphatic heterocycles. The summed E-state index contributed by atoms with van der Waals surface area (Å²) in [4.78, 5) is 37.3. The molecule has 0 unspecified atom stereocenters. The molecule has 0 saturated heterocycles. The molecule has 3 N–H and O–H groups in total. The third kappa shape index (κ3) is 5.60. The summed E-state index contributed by atoms with van der Waals surface area (Å²) in [7, 11) is -5.58. The van der Waals surface area contributed by atoms with E-state index in [-0.39, 0.29) is 10.8 Å². The molecule has 0 aliphatic carbocycles. The third-order valence-electron chi connectivity index (χ3n) is 7.31. The SMILES string of the molecule is CCc1c(C(C)(C)C)cc(C)c(P(O)(O)(O)c2c(C)cc(C(C)(C)C)cc2C(C)(C)C)c1C(C)(C)C. The Bertz CT molecular complexity index is 1150. The number of aryl methyl sites for hydroxylation is 2. The molecule has 0 saturated carbocycles. The van der Waals surface area contributed by atoms with Crippen molar-refractivity contribution in [3.05, 3.63) is 57.1 Å². The Morgan fingerprint density at radius 1 is 0.583 bits per heavy atom. The number of hydrogen-bond donors (Lipinski definition) is 3.